The molecule has 0 fully saturated rings. The number of likely N-dealkylation sites (N-methyl/N-ethyl adjacent to an activating group) is 1. The molecule has 0 rings (SSSR count). The molecule has 0 bridgehead atoms. The van der Waals surface area contributed by atoms with Gasteiger partial charge >= 0.3 is 19.8 Å². The lowest BCUT2D eigenvalue weighted by molar-refractivity contribution is -0.870. The maximum atomic E-state index is 12.6. The number of hydrogen-bond acceptors (Lipinski definition) is 7. The molecule has 0 amide bonds. The molecule has 10 heteroatoms. The number of carbonyl (C=O) groups excluding carboxylic acids is 2. The van der Waals surface area contributed by atoms with E-state index >= 15 is 0 Å². The van der Waals surface area contributed by atoms with Gasteiger partial charge in [-0.05, 0) is 57.8 Å². The zero-order valence-corrected chi connectivity index (χ0v) is 35.8. The fourth-order valence-corrected chi connectivity index (χ4v) is 5.95. The predicted octanol–water partition coefficient (Wildman–Crippen LogP) is 11.7. The highest BCUT2D eigenvalue weighted by Crippen LogP contribution is 2.43. The van der Waals surface area contributed by atoms with Crippen LogP contribution in [0.5, 0.6) is 0 Å². The maximum absolute atomic E-state index is 12.6. The molecule has 0 aliphatic heterocycles. The van der Waals surface area contributed by atoms with E-state index in [0.29, 0.717) is 23.9 Å². The van der Waals surface area contributed by atoms with Gasteiger partial charge < -0.3 is 18.9 Å². The van der Waals surface area contributed by atoms with E-state index in [4.69, 9.17) is 18.5 Å². The van der Waals surface area contributed by atoms with E-state index in [-0.39, 0.29) is 26.1 Å². The first-order valence-corrected chi connectivity index (χ1v) is 22.5. The van der Waals surface area contributed by atoms with Gasteiger partial charge in [0.05, 0.1) is 27.7 Å². The van der Waals surface area contributed by atoms with Crippen LogP contribution in [-0.4, -0.2) is 74.9 Å². The van der Waals surface area contributed by atoms with Crippen LogP contribution in [0.1, 0.15) is 155 Å². The van der Waals surface area contributed by atoms with Crippen LogP contribution in [0.25, 0.3) is 0 Å². The van der Waals surface area contributed by atoms with Crippen molar-refractivity contribution in [2.75, 3.05) is 47.5 Å². The van der Waals surface area contributed by atoms with Crippen LogP contribution in [0.15, 0.2) is 60.8 Å². The van der Waals surface area contributed by atoms with Gasteiger partial charge in [-0.15, -0.1) is 0 Å². The van der Waals surface area contributed by atoms with Gasteiger partial charge in [-0.25, -0.2) is 4.57 Å². The molecule has 2 unspecified atom stereocenters. The number of quaternary nitrogens is 1. The number of phosphoric ester groups is 1. The Labute approximate surface area is 330 Å². The summed E-state index contributed by atoms with van der Waals surface area (Å²) in [7, 11) is 1.41. The molecule has 0 aliphatic carbocycles. The van der Waals surface area contributed by atoms with Gasteiger partial charge in [0.1, 0.15) is 19.8 Å². The van der Waals surface area contributed by atoms with E-state index in [1.54, 1.807) is 0 Å². The van der Waals surface area contributed by atoms with E-state index in [1.807, 2.05) is 45.4 Å². The molecule has 0 saturated heterocycles. The molecular formula is C44H79NO8P+. The molecule has 0 aromatic carbocycles. The molecule has 1 N–H and O–H groups in total. The van der Waals surface area contributed by atoms with Crippen LogP contribution in [-0.2, 0) is 32.7 Å². The second-order valence-electron chi connectivity index (χ2n) is 15.0. The number of phosphoric acid groups is 1. The third-order valence-electron chi connectivity index (χ3n) is 8.55. The summed E-state index contributed by atoms with van der Waals surface area (Å²) in [6.07, 6.45) is 43.0. The second-order valence-corrected chi connectivity index (χ2v) is 16.5. The van der Waals surface area contributed by atoms with Crippen molar-refractivity contribution in [3.05, 3.63) is 60.8 Å². The quantitative estimate of drug-likeness (QED) is 0.0218. The first kappa shape index (κ1) is 51.7. The number of allylic oxidation sites excluding steroid dienone is 10. The van der Waals surface area contributed by atoms with Crippen LogP contribution in [0, 0.1) is 0 Å². The summed E-state index contributed by atoms with van der Waals surface area (Å²) < 4.78 is 34.1. The van der Waals surface area contributed by atoms with Crippen LogP contribution < -0.4 is 0 Å². The fraction of sp³-hybridized carbons (Fsp3) is 0.727. The molecule has 0 aliphatic rings. The lowest BCUT2D eigenvalue weighted by Gasteiger charge is -2.24. The topological polar surface area (TPSA) is 108 Å². The molecule has 0 radical (unpaired) electrons. The van der Waals surface area contributed by atoms with Gasteiger partial charge in [0, 0.05) is 12.8 Å². The van der Waals surface area contributed by atoms with Crippen molar-refractivity contribution < 1.29 is 42.1 Å². The molecule has 9 nitrogen and oxygen atoms in total. The maximum Gasteiger partial charge on any atom is 0.472 e. The van der Waals surface area contributed by atoms with Gasteiger partial charge in [0.2, 0.25) is 0 Å². The Kier molecular flexibility index (Phi) is 34.8. The fourth-order valence-electron chi connectivity index (χ4n) is 5.21. The summed E-state index contributed by atoms with van der Waals surface area (Å²) in [5.41, 5.74) is 0. The Balaban J connectivity index is 4.58. The monoisotopic (exact) mass is 781 g/mol. The number of unbranched alkanes of at least 4 members (excludes halogenated alkanes) is 13. The van der Waals surface area contributed by atoms with Crippen LogP contribution in [0.4, 0.5) is 0 Å². The molecular weight excluding hydrogens is 701 g/mol. The number of nitrogens with zero attached hydrogens (tertiary/aromatic N) is 1. The highest BCUT2D eigenvalue weighted by molar-refractivity contribution is 7.47. The number of rotatable bonds is 37. The minimum Gasteiger partial charge on any atom is -0.462 e. The Bertz CT molecular complexity index is 1110. The molecule has 0 saturated carbocycles. The van der Waals surface area contributed by atoms with E-state index in [2.05, 4.69) is 50.3 Å². The molecule has 0 heterocycles. The molecule has 0 aromatic rings. The van der Waals surface area contributed by atoms with Crippen molar-refractivity contribution in [1.29, 1.82) is 0 Å². The van der Waals surface area contributed by atoms with E-state index in [0.717, 1.165) is 32.1 Å². The predicted molar refractivity (Wildman–Crippen MR) is 224 cm³/mol. The van der Waals surface area contributed by atoms with Crippen molar-refractivity contribution in [1.82, 2.24) is 0 Å². The summed E-state index contributed by atoms with van der Waals surface area (Å²) in [4.78, 5) is 35.2. The molecule has 2 atom stereocenters. The van der Waals surface area contributed by atoms with E-state index in [9.17, 15) is 19.0 Å². The Morgan fingerprint density at radius 1 is 0.574 bits per heavy atom. The van der Waals surface area contributed by atoms with Crippen molar-refractivity contribution >= 4 is 19.8 Å². The standard InChI is InChI=1S/C44H78NO8P/c1-6-8-10-12-14-16-18-20-22-24-26-28-30-32-34-36-43(46)50-40-42(41-52-54(48,49)51-39-38-45(3,4)5)53-44(47)37-35-33-31-29-27-25-23-21-19-17-15-13-11-9-7-2/h18,20,24-27,30-33,42H,6-17,19,21-23,28-29,34-41H2,1-5H3/p+1/b20-18-,26-24-,27-25-,32-30-,33-31-. The number of carbonyl (C=O) groups is 2. The first-order valence-electron chi connectivity index (χ1n) is 21.0. The highest BCUT2D eigenvalue weighted by Gasteiger charge is 2.27. The van der Waals surface area contributed by atoms with Gasteiger partial charge in [-0.1, -0.05) is 145 Å². The third kappa shape index (κ3) is 39.4. The zero-order chi connectivity index (χ0) is 40.0. The normalized spacial score (nSPS) is 14.3. The van der Waals surface area contributed by atoms with Crippen molar-refractivity contribution in [3.63, 3.8) is 0 Å². The average molecular weight is 781 g/mol. The molecule has 312 valence electrons. The van der Waals surface area contributed by atoms with Gasteiger partial charge in [0.25, 0.3) is 0 Å². The Morgan fingerprint density at radius 3 is 1.48 bits per heavy atom. The van der Waals surface area contributed by atoms with Gasteiger partial charge in [-0.2, -0.15) is 0 Å². The van der Waals surface area contributed by atoms with Crippen LogP contribution in [0.2, 0.25) is 0 Å². The van der Waals surface area contributed by atoms with Gasteiger partial charge in [-0.3, -0.25) is 18.6 Å². The summed E-state index contributed by atoms with van der Waals surface area (Å²) in [6, 6.07) is 0. The summed E-state index contributed by atoms with van der Waals surface area (Å²) >= 11 is 0. The van der Waals surface area contributed by atoms with Gasteiger partial charge in [0.15, 0.2) is 6.10 Å². The molecule has 0 spiro atoms. The van der Waals surface area contributed by atoms with Crippen molar-refractivity contribution in [3.8, 4) is 0 Å². The lowest BCUT2D eigenvalue weighted by atomic mass is 10.1. The number of esters is 2. The average Bonchev–Trinajstić information content (AvgIpc) is 3.12. The number of hydrogen-bond donors (Lipinski definition) is 1. The van der Waals surface area contributed by atoms with Crippen LogP contribution >= 0.6 is 7.82 Å². The van der Waals surface area contributed by atoms with E-state index in [1.165, 1.54) is 83.5 Å². The minimum atomic E-state index is -4.40. The minimum absolute atomic E-state index is 0.0110. The van der Waals surface area contributed by atoms with Crippen molar-refractivity contribution in [2.45, 2.75) is 161 Å². The summed E-state index contributed by atoms with van der Waals surface area (Å²) in [6.45, 7) is 4.25. The number of ether oxygens (including phenoxy) is 2. The third-order valence-corrected chi connectivity index (χ3v) is 9.53. The largest absolute Gasteiger partial charge is 0.472 e. The van der Waals surface area contributed by atoms with Crippen LogP contribution in [0.3, 0.4) is 0 Å². The summed E-state index contributed by atoms with van der Waals surface area (Å²) in [5.74, 6) is -0.969. The van der Waals surface area contributed by atoms with E-state index < -0.39 is 32.5 Å². The smallest absolute Gasteiger partial charge is 0.462 e. The highest BCUT2D eigenvalue weighted by atomic mass is 31.2. The Morgan fingerprint density at radius 2 is 1.00 bits per heavy atom. The lowest BCUT2D eigenvalue weighted by Crippen LogP contribution is -2.37. The van der Waals surface area contributed by atoms with Crippen molar-refractivity contribution in [2.24, 2.45) is 0 Å². The second kappa shape index (κ2) is 36.4. The molecule has 0 aromatic heterocycles. The first-order chi connectivity index (χ1) is 26.0. The SMILES string of the molecule is CCCCCCC/C=C\C/C=C\C/C=C\CCC(=O)OCC(COP(=O)(O)OCC[N+](C)(C)C)OC(=O)CC/C=C\C/C=C\CCCCCCCCCC. The Hall–Kier alpha value is -2.29. The zero-order valence-electron chi connectivity index (χ0n) is 34.9. The molecule has 54 heavy (non-hydrogen) atoms. The summed E-state index contributed by atoms with van der Waals surface area (Å²) in [5, 5.41) is 0.